The number of aromatic nitrogens is 1. The number of fused-ring (bicyclic) bond motifs is 1. The van der Waals surface area contributed by atoms with Gasteiger partial charge in [0.2, 0.25) is 0 Å². The quantitative estimate of drug-likeness (QED) is 0.496. The number of rotatable bonds is 7. The fourth-order valence-electron chi connectivity index (χ4n) is 2.86. The molecule has 1 aromatic heterocycles. The molecule has 0 aliphatic carbocycles. The summed E-state index contributed by atoms with van der Waals surface area (Å²) in [5.74, 6) is 1.15. The van der Waals surface area contributed by atoms with Gasteiger partial charge in [0.25, 0.3) is 5.91 Å². The van der Waals surface area contributed by atoms with Crippen molar-refractivity contribution in [3.8, 4) is 11.5 Å². The van der Waals surface area contributed by atoms with Gasteiger partial charge < -0.3 is 14.8 Å². The van der Waals surface area contributed by atoms with Crippen LogP contribution in [0, 0.1) is 0 Å². The number of nitrogens with zero attached hydrogens (tertiary/aromatic N) is 1. The summed E-state index contributed by atoms with van der Waals surface area (Å²) in [6, 6.07) is 26.6. The Hall–Kier alpha value is -3.86. The van der Waals surface area contributed by atoms with Gasteiger partial charge >= 0.3 is 0 Å². The Morgan fingerprint density at radius 2 is 1.62 bits per heavy atom. The predicted octanol–water partition coefficient (Wildman–Crippen LogP) is 4.83. The summed E-state index contributed by atoms with van der Waals surface area (Å²) in [5.41, 5.74) is 2.68. The molecule has 0 aliphatic rings. The summed E-state index contributed by atoms with van der Waals surface area (Å²) in [6.07, 6.45) is 1.74. The van der Waals surface area contributed by atoms with Crippen molar-refractivity contribution in [3.05, 3.63) is 96.7 Å². The predicted molar refractivity (Wildman–Crippen MR) is 113 cm³/mol. The van der Waals surface area contributed by atoms with Crippen LogP contribution in [-0.4, -0.2) is 17.5 Å². The molecule has 0 aliphatic heterocycles. The van der Waals surface area contributed by atoms with Gasteiger partial charge in [-0.2, -0.15) is 0 Å². The van der Waals surface area contributed by atoms with E-state index in [1.165, 1.54) is 0 Å². The molecular weight excluding hydrogens is 364 g/mol. The first kappa shape index (κ1) is 18.5. The minimum atomic E-state index is -0.228. The molecule has 1 heterocycles. The van der Waals surface area contributed by atoms with Gasteiger partial charge in [0.15, 0.2) is 6.61 Å². The summed E-state index contributed by atoms with van der Waals surface area (Å²) in [7, 11) is 0. The zero-order valence-corrected chi connectivity index (χ0v) is 15.7. The highest BCUT2D eigenvalue weighted by Crippen LogP contribution is 2.20. The number of pyridine rings is 1. The lowest BCUT2D eigenvalue weighted by molar-refractivity contribution is -0.118. The van der Waals surface area contributed by atoms with Gasteiger partial charge in [-0.3, -0.25) is 9.78 Å². The Kier molecular flexibility index (Phi) is 5.67. The molecule has 4 rings (SSSR count). The first-order valence-electron chi connectivity index (χ1n) is 9.30. The summed E-state index contributed by atoms with van der Waals surface area (Å²) in [6.45, 7) is 0.430. The van der Waals surface area contributed by atoms with E-state index in [4.69, 9.17) is 9.47 Å². The van der Waals surface area contributed by atoms with Gasteiger partial charge in [0.05, 0.1) is 5.52 Å². The van der Waals surface area contributed by atoms with Crippen LogP contribution in [0.5, 0.6) is 11.5 Å². The molecule has 4 aromatic rings. The second kappa shape index (κ2) is 8.89. The molecule has 0 radical (unpaired) electrons. The molecule has 5 heteroatoms. The SMILES string of the molecule is O=C(COc1ccc2ncccc2c1)Nc1ccc(OCc2ccccc2)cc1. The highest BCUT2D eigenvalue weighted by atomic mass is 16.5. The number of benzene rings is 3. The van der Waals surface area contributed by atoms with Gasteiger partial charge in [0, 0.05) is 17.3 Å². The third kappa shape index (κ3) is 5.11. The first-order valence-corrected chi connectivity index (χ1v) is 9.30. The Bertz CT molecular complexity index is 1100. The molecule has 1 N–H and O–H groups in total. The van der Waals surface area contributed by atoms with Gasteiger partial charge in [0.1, 0.15) is 18.1 Å². The van der Waals surface area contributed by atoms with Crippen LogP contribution in [0.4, 0.5) is 5.69 Å². The van der Waals surface area contributed by atoms with Gasteiger partial charge in [-0.1, -0.05) is 36.4 Å². The number of amides is 1. The molecule has 0 saturated heterocycles. The zero-order chi connectivity index (χ0) is 19.9. The molecule has 1 amide bonds. The third-order valence-electron chi connectivity index (χ3n) is 4.33. The van der Waals surface area contributed by atoms with Crippen LogP contribution in [0.25, 0.3) is 10.9 Å². The van der Waals surface area contributed by atoms with Gasteiger partial charge in [-0.05, 0) is 54.1 Å². The van der Waals surface area contributed by atoms with E-state index in [1.807, 2.05) is 72.8 Å². The average molecular weight is 384 g/mol. The van der Waals surface area contributed by atoms with Gasteiger partial charge in [-0.15, -0.1) is 0 Å². The summed E-state index contributed by atoms with van der Waals surface area (Å²) in [5, 5.41) is 3.79. The van der Waals surface area contributed by atoms with Crippen LogP contribution in [-0.2, 0) is 11.4 Å². The van der Waals surface area contributed by atoms with Crippen LogP contribution in [0.2, 0.25) is 0 Å². The number of hydrogen-bond donors (Lipinski definition) is 1. The van der Waals surface area contributed by atoms with E-state index in [2.05, 4.69) is 10.3 Å². The van der Waals surface area contributed by atoms with Crippen LogP contribution in [0.1, 0.15) is 5.56 Å². The van der Waals surface area contributed by atoms with Crippen molar-refractivity contribution in [3.63, 3.8) is 0 Å². The number of hydrogen-bond acceptors (Lipinski definition) is 4. The normalized spacial score (nSPS) is 10.5. The number of carbonyl (C=O) groups excluding carboxylic acids is 1. The maximum absolute atomic E-state index is 12.2. The van der Waals surface area contributed by atoms with Crippen LogP contribution < -0.4 is 14.8 Å². The van der Waals surface area contributed by atoms with E-state index in [1.54, 1.807) is 18.3 Å². The molecule has 0 fully saturated rings. The van der Waals surface area contributed by atoms with E-state index in [0.29, 0.717) is 18.0 Å². The Morgan fingerprint density at radius 3 is 2.45 bits per heavy atom. The lowest BCUT2D eigenvalue weighted by Gasteiger charge is -2.10. The van der Waals surface area contributed by atoms with Crippen LogP contribution in [0.15, 0.2) is 91.1 Å². The summed E-state index contributed by atoms with van der Waals surface area (Å²) in [4.78, 5) is 16.4. The number of carbonyl (C=O) groups is 1. The Labute approximate surface area is 168 Å². The fourth-order valence-corrected chi connectivity index (χ4v) is 2.86. The van der Waals surface area contributed by atoms with E-state index in [9.17, 15) is 4.79 Å². The lowest BCUT2D eigenvalue weighted by atomic mass is 10.2. The third-order valence-corrected chi connectivity index (χ3v) is 4.33. The van der Waals surface area contributed by atoms with Crippen molar-refractivity contribution in [1.82, 2.24) is 4.98 Å². The first-order chi connectivity index (χ1) is 14.3. The number of nitrogens with one attached hydrogen (secondary N) is 1. The Balaban J connectivity index is 1.27. The van der Waals surface area contributed by atoms with E-state index >= 15 is 0 Å². The maximum Gasteiger partial charge on any atom is 0.262 e. The van der Waals surface area contributed by atoms with Crippen molar-refractivity contribution in [2.45, 2.75) is 6.61 Å². The second-order valence-corrected chi connectivity index (χ2v) is 6.49. The van der Waals surface area contributed by atoms with Crippen molar-refractivity contribution in [2.75, 3.05) is 11.9 Å². The highest BCUT2D eigenvalue weighted by molar-refractivity contribution is 5.92. The van der Waals surface area contributed by atoms with Crippen molar-refractivity contribution >= 4 is 22.5 Å². The van der Waals surface area contributed by atoms with Crippen molar-refractivity contribution in [2.24, 2.45) is 0 Å². The molecule has 0 bridgehead atoms. The number of ether oxygens (including phenoxy) is 2. The minimum absolute atomic E-state index is 0.0714. The molecule has 0 atom stereocenters. The topological polar surface area (TPSA) is 60.5 Å². The van der Waals surface area contributed by atoms with E-state index in [-0.39, 0.29) is 12.5 Å². The Morgan fingerprint density at radius 1 is 0.828 bits per heavy atom. The maximum atomic E-state index is 12.2. The van der Waals surface area contributed by atoms with Crippen molar-refractivity contribution < 1.29 is 14.3 Å². The van der Waals surface area contributed by atoms with Crippen molar-refractivity contribution in [1.29, 1.82) is 0 Å². The molecule has 0 spiro atoms. The molecule has 29 heavy (non-hydrogen) atoms. The largest absolute Gasteiger partial charge is 0.489 e. The monoisotopic (exact) mass is 384 g/mol. The average Bonchev–Trinajstić information content (AvgIpc) is 2.78. The summed E-state index contributed by atoms with van der Waals surface area (Å²) < 4.78 is 11.3. The van der Waals surface area contributed by atoms with Crippen LogP contribution >= 0.6 is 0 Å². The molecule has 5 nitrogen and oxygen atoms in total. The summed E-state index contributed by atoms with van der Waals surface area (Å²) >= 11 is 0. The van der Waals surface area contributed by atoms with E-state index < -0.39 is 0 Å². The van der Waals surface area contributed by atoms with E-state index in [0.717, 1.165) is 22.2 Å². The smallest absolute Gasteiger partial charge is 0.262 e. The van der Waals surface area contributed by atoms with Crippen LogP contribution in [0.3, 0.4) is 0 Å². The molecule has 0 unspecified atom stereocenters. The number of anilines is 1. The van der Waals surface area contributed by atoms with Gasteiger partial charge in [-0.25, -0.2) is 0 Å². The zero-order valence-electron chi connectivity index (χ0n) is 15.7. The molecular formula is C24H20N2O3. The second-order valence-electron chi connectivity index (χ2n) is 6.49. The fraction of sp³-hybridized carbons (Fsp3) is 0.0833. The standard InChI is InChI=1S/C24H20N2O3/c27-24(17-29-22-12-13-23-19(15-22)7-4-14-25-23)26-20-8-10-21(11-9-20)28-16-18-5-2-1-3-6-18/h1-15H,16-17H2,(H,26,27). The molecule has 3 aromatic carbocycles. The highest BCUT2D eigenvalue weighted by Gasteiger charge is 2.05. The minimum Gasteiger partial charge on any atom is -0.489 e. The molecule has 144 valence electrons. The lowest BCUT2D eigenvalue weighted by Crippen LogP contribution is -2.20. The molecule has 0 saturated carbocycles.